The Kier molecular flexibility index (Phi) is 4.58. The van der Waals surface area contributed by atoms with Gasteiger partial charge in [-0.15, -0.1) is 0 Å². The zero-order valence-corrected chi connectivity index (χ0v) is 13.1. The molecule has 116 valence electrons. The third-order valence-corrected chi connectivity index (χ3v) is 4.09. The quantitative estimate of drug-likeness (QED) is 0.770. The van der Waals surface area contributed by atoms with Gasteiger partial charge in [0.25, 0.3) is 0 Å². The van der Waals surface area contributed by atoms with Crippen LogP contribution in [0.5, 0.6) is 0 Å². The van der Waals surface area contributed by atoms with Crippen LogP contribution < -0.4 is 10.6 Å². The standard InChI is InChI=1S/C16H26N4O/c1-3-7-17-14-10-15(20-16(19-14)11-5-6-11)18-12-8-13(9-12)21-4-2/h10-13H,3-9H2,1-2H3,(H2,17,18,19,20). The fourth-order valence-corrected chi connectivity index (χ4v) is 2.67. The molecule has 1 heterocycles. The first kappa shape index (κ1) is 14.6. The molecule has 2 saturated carbocycles. The summed E-state index contributed by atoms with van der Waals surface area (Å²) in [7, 11) is 0. The molecule has 0 aliphatic heterocycles. The van der Waals surface area contributed by atoms with Crippen LogP contribution in [0.4, 0.5) is 11.6 Å². The lowest BCUT2D eigenvalue weighted by molar-refractivity contribution is 0.00292. The lowest BCUT2D eigenvalue weighted by Crippen LogP contribution is -2.41. The fraction of sp³-hybridized carbons (Fsp3) is 0.750. The topological polar surface area (TPSA) is 59.1 Å². The van der Waals surface area contributed by atoms with Crippen LogP contribution in [0.25, 0.3) is 0 Å². The maximum absolute atomic E-state index is 5.61. The molecule has 0 aromatic carbocycles. The number of hydrogen-bond acceptors (Lipinski definition) is 5. The van der Waals surface area contributed by atoms with Crippen molar-refractivity contribution in [1.82, 2.24) is 9.97 Å². The van der Waals surface area contributed by atoms with Gasteiger partial charge in [0.05, 0.1) is 6.10 Å². The number of aromatic nitrogens is 2. The molecule has 2 fully saturated rings. The number of hydrogen-bond donors (Lipinski definition) is 2. The molecule has 21 heavy (non-hydrogen) atoms. The molecule has 0 bridgehead atoms. The first-order valence-corrected chi connectivity index (χ1v) is 8.29. The summed E-state index contributed by atoms with van der Waals surface area (Å²) in [5.74, 6) is 3.49. The van der Waals surface area contributed by atoms with E-state index in [0.717, 1.165) is 49.9 Å². The fourth-order valence-electron chi connectivity index (χ4n) is 2.67. The van der Waals surface area contributed by atoms with Gasteiger partial charge in [-0.3, -0.25) is 0 Å². The Balaban J connectivity index is 1.62. The average Bonchev–Trinajstić information content (AvgIpc) is 3.27. The van der Waals surface area contributed by atoms with Crippen LogP contribution in [-0.2, 0) is 4.74 Å². The molecular formula is C16H26N4O. The van der Waals surface area contributed by atoms with E-state index in [-0.39, 0.29) is 0 Å². The minimum atomic E-state index is 0.426. The Hall–Kier alpha value is -1.36. The van der Waals surface area contributed by atoms with E-state index in [2.05, 4.69) is 29.5 Å². The second-order valence-corrected chi connectivity index (χ2v) is 6.09. The molecular weight excluding hydrogens is 264 g/mol. The Morgan fingerprint density at radius 2 is 1.95 bits per heavy atom. The second kappa shape index (κ2) is 6.60. The number of rotatable bonds is 8. The molecule has 2 aliphatic rings. The summed E-state index contributed by atoms with van der Waals surface area (Å²) in [6.45, 7) is 5.98. The molecule has 0 saturated heterocycles. The SMILES string of the molecule is CCCNc1cc(NC2CC(OCC)C2)nc(C2CC2)n1. The third kappa shape index (κ3) is 3.84. The van der Waals surface area contributed by atoms with E-state index in [9.17, 15) is 0 Å². The van der Waals surface area contributed by atoms with E-state index >= 15 is 0 Å². The minimum absolute atomic E-state index is 0.426. The maximum Gasteiger partial charge on any atom is 0.136 e. The summed E-state index contributed by atoms with van der Waals surface area (Å²) in [5.41, 5.74) is 0. The van der Waals surface area contributed by atoms with Crippen molar-refractivity contribution in [1.29, 1.82) is 0 Å². The van der Waals surface area contributed by atoms with Gasteiger partial charge in [0, 0.05) is 31.2 Å². The number of ether oxygens (including phenoxy) is 1. The molecule has 0 atom stereocenters. The Labute approximate surface area is 126 Å². The highest BCUT2D eigenvalue weighted by molar-refractivity contribution is 5.49. The maximum atomic E-state index is 5.61. The van der Waals surface area contributed by atoms with Gasteiger partial charge in [0.1, 0.15) is 17.5 Å². The van der Waals surface area contributed by atoms with Gasteiger partial charge >= 0.3 is 0 Å². The minimum Gasteiger partial charge on any atom is -0.378 e. The molecule has 5 heteroatoms. The molecule has 0 spiro atoms. The van der Waals surface area contributed by atoms with Crippen LogP contribution in [-0.4, -0.2) is 35.3 Å². The summed E-state index contributed by atoms with van der Waals surface area (Å²) in [4.78, 5) is 9.33. The third-order valence-electron chi connectivity index (χ3n) is 4.09. The number of anilines is 2. The second-order valence-electron chi connectivity index (χ2n) is 6.09. The normalized spacial score (nSPS) is 24.5. The summed E-state index contributed by atoms with van der Waals surface area (Å²) in [5, 5.41) is 6.92. The lowest BCUT2D eigenvalue weighted by Gasteiger charge is -2.35. The van der Waals surface area contributed by atoms with E-state index in [1.807, 2.05) is 6.07 Å². The van der Waals surface area contributed by atoms with Gasteiger partial charge in [-0.1, -0.05) is 6.92 Å². The van der Waals surface area contributed by atoms with Gasteiger partial charge in [0.2, 0.25) is 0 Å². The number of nitrogens with zero attached hydrogens (tertiary/aromatic N) is 2. The highest BCUT2D eigenvalue weighted by atomic mass is 16.5. The van der Waals surface area contributed by atoms with Crippen LogP contribution in [0.2, 0.25) is 0 Å². The van der Waals surface area contributed by atoms with E-state index in [1.54, 1.807) is 0 Å². The zero-order valence-electron chi connectivity index (χ0n) is 13.1. The van der Waals surface area contributed by atoms with Crippen molar-refractivity contribution in [2.24, 2.45) is 0 Å². The molecule has 0 unspecified atom stereocenters. The van der Waals surface area contributed by atoms with Crippen molar-refractivity contribution in [3.05, 3.63) is 11.9 Å². The predicted octanol–water partition coefficient (Wildman–Crippen LogP) is 3.16. The van der Waals surface area contributed by atoms with Crippen LogP contribution in [0.15, 0.2) is 6.07 Å². The van der Waals surface area contributed by atoms with Crippen molar-refractivity contribution in [3.63, 3.8) is 0 Å². The highest BCUT2D eigenvalue weighted by Crippen LogP contribution is 2.39. The molecule has 3 rings (SSSR count). The molecule has 2 aliphatic carbocycles. The molecule has 5 nitrogen and oxygen atoms in total. The monoisotopic (exact) mass is 290 g/mol. The Morgan fingerprint density at radius 3 is 2.62 bits per heavy atom. The van der Waals surface area contributed by atoms with E-state index in [4.69, 9.17) is 9.72 Å². The van der Waals surface area contributed by atoms with Crippen LogP contribution in [0.1, 0.15) is 57.7 Å². The highest BCUT2D eigenvalue weighted by Gasteiger charge is 2.31. The first-order valence-electron chi connectivity index (χ1n) is 8.29. The Bertz CT molecular complexity index is 469. The molecule has 2 N–H and O–H groups in total. The largest absolute Gasteiger partial charge is 0.378 e. The van der Waals surface area contributed by atoms with Gasteiger partial charge in [-0.25, -0.2) is 9.97 Å². The van der Waals surface area contributed by atoms with Gasteiger partial charge in [-0.2, -0.15) is 0 Å². The molecule has 1 aromatic heterocycles. The van der Waals surface area contributed by atoms with Crippen molar-refractivity contribution in [2.75, 3.05) is 23.8 Å². The van der Waals surface area contributed by atoms with Crippen LogP contribution in [0, 0.1) is 0 Å². The molecule has 0 radical (unpaired) electrons. The average molecular weight is 290 g/mol. The molecule has 0 amide bonds. The van der Waals surface area contributed by atoms with Gasteiger partial charge in [-0.05, 0) is 39.0 Å². The summed E-state index contributed by atoms with van der Waals surface area (Å²) in [6.07, 6.45) is 6.14. The molecule has 1 aromatic rings. The summed E-state index contributed by atoms with van der Waals surface area (Å²) >= 11 is 0. The van der Waals surface area contributed by atoms with Gasteiger partial charge < -0.3 is 15.4 Å². The van der Waals surface area contributed by atoms with Crippen LogP contribution >= 0.6 is 0 Å². The van der Waals surface area contributed by atoms with Crippen molar-refractivity contribution >= 4 is 11.6 Å². The predicted molar refractivity (Wildman–Crippen MR) is 84.8 cm³/mol. The van der Waals surface area contributed by atoms with Crippen LogP contribution in [0.3, 0.4) is 0 Å². The number of nitrogens with one attached hydrogen (secondary N) is 2. The zero-order chi connectivity index (χ0) is 14.7. The van der Waals surface area contributed by atoms with Gasteiger partial charge in [0.15, 0.2) is 0 Å². The van der Waals surface area contributed by atoms with Crippen molar-refractivity contribution < 1.29 is 4.74 Å². The first-order chi connectivity index (χ1) is 10.3. The Morgan fingerprint density at radius 1 is 1.19 bits per heavy atom. The summed E-state index contributed by atoms with van der Waals surface area (Å²) < 4.78 is 5.61. The van der Waals surface area contributed by atoms with E-state index in [1.165, 1.54) is 12.8 Å². The lowest BCUT2D eigenvalue weighted by atomic mass is 9.89. The van der Waals surface area contributed by atoms with Crippen molar-refractivity contribution in [2.45, 2.75) is 64.0 Å². The van der Waals surface area contributed by atoms with E-state index in [0.29, 0.717) is 18.1 Å². The van der Waals surface area contributed by atoms with Crippen molar-refractivity contribution in [3.8, 4) is 0 Å². The van der Waals surface area contributed by atoms with E-state index < -0.39 is 0 Å². The summed E-state index contributed by atoms with van der Waals surface area (Å²) in [6, 6.07) is 2.53. The smallest absolute Gasteiger partial charge is 0.136 e.